The zero-order valence-electron chi connectivity index (χ0n) is 13.6. The molecule has 0 aliphatic carbocycles. The number of ether oxygens (including phenoxy) is 1. The van der Waals surface area contributed by atoms with Crippen molar-refractivity contribution >= 4 is 5.91 Å². The van der Waals surface area contributed by atoms with Gasteiger partial charge in [0.15, 0.2) is 0 Å². The Morgan fingerprint density at radius 3 is 2.82 bits per heavy atom. The minimum Gasteiger partial charge on any atom is -0.366 e. The third-order valence-corrected chi connectivity index (χ3v) is 3.98. The zero-order valence-corrected chi connectivity index (χ0v) is 13.6. The van der Waals surface area contributed by atoms with Gasteiger partial charge in [0.25, 0.3) is 5.91 Å². The summed E-state index contributed by atoms with van der Waals surface area (Å²) in [4.78, 5) is 14.4. The second-order valence-corrected chi connectivity index (χ2v) is 5.56. The fourth-order valence-corrected chi connectivity index (χ4v) is 2.58. The Morgan fingerprint density at radius 1 is 1.36 bits per heavy atom. The van der Waals surface area contributed by atoms with Crippen LogP contribution in [0.3, 0.4) is 0 Å². The molecule has 1 atom stereocenters. The maximum absolute atomic E-state index is 12.0. The summed E-state index contributed by atoms with van der Waals surface area (Å²) in [6, 6.07) is 8.40. The van der Waals surface area contributed by atoms with Gasteiger partial charge in [-0.05, 0) is 24.2 Å². The average Bonchev–Trinajstić information content (AvgIpc) is 2.58. The number of amides is 1. The molecule has 2 rings (SSSR count). The molecule has 122 valence electrons. The van der Waals surface area contributed by atoms with Gasteiger partial charge >= 0.3 is 0 Å². The van der Waals surface area contributed by atoms with E-state index in [0.717, 1.165) is 31.7 Å². The van der Waals surface area contributed by atoms with Crippen molar-refractivity contribution in [2.45, 2.75) is 33.0 Å². The van der Waals surface area contributed by atoms with Crippen molar-refractivity contribution in [1.82, 2.24) is 15.5 Å². The fourth-order valence-electron chi connectivity index (χ4n) is 2.58. The first-order chi connectivity index (χ1) is 10.7. The minimum atomic E-state index is -0.368. The fraction of sp³-hybridized carbons (Fsp3) is 0.588. The number of nitrogens with one attached hydrogen (secondary N) is 2. The molecular weight excluding hydrogens is 278 g/mol. The summed E-state index contributed by atoms with van der Waals surface area (Å²) < 4.78 is 5.45. The Bertz CT molecular complexity index is 469. The van der Waals surface area contributed by atoms with Crippen molar-refractivity contribution in [3.63, 3.8) is 0 Å². The zero-order chi connectivity index (χ0) is 15.8. The maximum atomic E-state index is 12.0. The van der Waals surface area contributed by atoms with Gasteiger partial charge in [0.2, 0.25) is 0 Å². The van der Waals surface area contributed by atoms with Crippen LogP contribution in [0.15, 0.2) is 24.3 Å². The summed E-state index contributed by atoms with van der Waals surface area (Å²) in [6.07, 6.45) is -0.368. The molecule has 1 unspecified atom stereocenters. The van der Waals surface area contributed by atoms with Gasteiger partial charge in [-0.2, -0.15) is 0 Å². The molecule has 0 aromatic heterocycles. The summed E-state index contributed by atoms with van der Waals surface area (Å²) in [5.74, 6) is -0.0404. The maximum Gasteiger partial charge on any atom is 0.250 e. The molecule has 5 heteroatoms. The lowest BCUT2D eigenvalue weighted by Crippen LogP contribution is -2.47. The number of rotatable bonds is 7. The van der Waals surface area contributed by atoms with E-state index in [1.165, 1.54) is 5.56 Å². The van der Waals surface area contributed by atoms with Crippen molar-refractivity contribution in [2.75, 3.05) is 32.8 Å². The van der Waals surface area contributed by atoms with E-state index in [2.05, 4.69) is 47.6 Å². The van der Waals surface area contributed by atoms with Gasteiger partial charge in [-0.1, -0.05) is 38.1 Å². The molecule has 1 aromatic rings. The first-order valence-electron chi connectivity index (χ1n) is 8.13. The van der Waals surface area contributed by atoms with E-state index in [1.54, 1.807) is 0 Å². The number of hydrogen-bond donors (Lipinski definition) is 2. The summed E-state index contributed by atoms with van der Waals surface area (Å²) in [5.41, 5.74) is 2.41. The molecule has 1 amide bonds. The third kappa shape index (κ3) is 5.09. The van der Waals surface area contributed by atoms with Crippen LogP contribution < -0.4 is 10.6 Å². The summed E-state index contributed by atoms with van der Waals surface area (Å²) >= 11 is 0. The van der Waals surface area contributed by atoms with Crippen molar-refractivity contribution < 1.29 is 9.53 Å². The molecule has 1 heterocycles. The van der Waals surface area contributed by atoms with Crippen molar-refractivity contribution in [2.24, 2.45) is 0 Å². The van der Waals surface area contributed by atoms with Crippen molar-refractivity contribution in [3.05, 3.63) is 35.4 Å². The summed E-state index contributed by atoms with van der Waals surface area (Å²) in [6.45, 7) is 9.93. The Morgan fingerprint density at radius 2 is 2.14 bits per heavy atom. The largest absolute Gasteiger partial charge is 0.366 e. The normalized spacial score (nSPS) is 18.4. The number of carbonyl (C=O) groups excluding carboxylic acids is 1. The lowest BCUT2D eigenvalue weighted by molar-refractivity contribution is -0.134. The van der Waals surface area contributed by atoms with Crippen LogP contribution in [0.4, 0.5) is 0 Å². The highest BCUT2D eigenvalue weighted by Gasteiger charge is 2.21. The van der Waals surface area contributed by atoms with E-state index in [9.17, 15) is 4.79 Å². The van der Waals surface area contributed by atoms with Crippen LogP contribution in [-0.4, -0.2) is 49.7 Å². The Labute approximate surface area is 133 Å². The molecule has 1 aliphatic rings. The first kappa shape index (κ1) is 16.9. The van der Waals surface area contributed by atoms with E-state index < -0.39 is 0 Å². The standard InChI is InChI=1S/C17H27N3O2/c1-3-20(4-2)13-15-7-5-6-14(10-15)11-19-17(21)16-12-18-8-9-22-16/h5-7,10,16,18H,3-4,8-9,11-13H2,1-2H3,(H,19,21). The SMILES string of the molecule is CCN(CC)Cc1cccc(CNC(=O)C2CNCCO2)c1. The molecular formula is C17H27N3O2. The molecule has 1 aromatic carbocycles. The number of carbonyl (C=O) groups is 1. The first-order valence-corrected chi connectivity index (χ1v) is 8.13. The van der Waals surface area contributed by atoms with Crippen LogP contribution in [0, 0.1) is 0 Å². The van der Waals surface area contributed by atoms with Gasteiger partial charge in [-0.25, -0.2) is 0 Å². The molecule has 0 saturated carbocycles. The van der Waals surface area contributed by atoms with Crippen LogP contribution >= 0.6 is 0 Å². The van der Waals surface area contributed by atoms with Crippen molar-refractivity contribution in [1.29, 1.82) is 0 Å². The van der Waals surface area contributed by atoms with Gasteiger partial charge in [0.05, 0.1) is 6.61 Å². The molecule has 2 N–H and O–H groups in total. The third-order valence-electron chi connectivity index (χ3n) is 3.98. The Balaban J connectivity index is 1.85. The topological polar surface area (TPSA) is 53.6 Å². The second-order valence-electron chi connectivity index (χ2n) is 5.56. The van der Waals surface area contributed by atoms with Gasteiger partial charge in [-0.3, -0.25) is 9.69 Å². The van der Waals surface area contributed by atoms with Gasteiger partial charge in [0, 0.05) is 26.2 Å². The molecule has 1 fully saturated rings. The van der Waals surface area contributed by atoms with Crippen LogP contribution in [-0.2, 0) is 22.6 Å². The predicted octanol–water partition coefficient (Wildman–Crippen LogP) is 1.13. The highest BCUT2D eigenvalue weighted by Crippen LogP contribution is 2.09. The van der Waals surface area contributed by atoms with E-state index in [4.69, 9.17) is 4.74 Å². The van der Waals surface area contributed by atoms with E-state index in [-0.39, 0.29) is 12.0 Å². The van der Waals surface area contributed by atoms with Crippen LogP contribution in [0.5, 0.6) is 0 Å². The molecule has 1 saturated heterocycles. The summed E-state index contributed by atoms with van der Waals surface area (Å²) in [7, 11) is 0. The predicted molar refractivity (Wildman–Crippen MR) is 87.5 cm³/mol. The van der Waals surface area contributed by atoms with Gasteiger partial charge in [-0.15, -0.1) is 0 Å². The average molecular weight is 305 g/mol. The van der Waals surface area contributed by atoms with Gasteiger partial charge < -0.3 is 15.4 Å². The highest BCUT2D eigenvalue weighted by atomic mass is 16.5. The number of morpholine rings is 1. The molecule has 1 aliphatic heterocycles. The number of benzene rings is 1. The highest BCUT2D eigenvalue weighted by molar-refractivity contribution is 5.81. The molecule has 5 nitrogen and oxygen atoms in total. The van der Waals surface area contributed by atoms with Crippen molar-refractivity contribution in [3.8, 4) is 0 Å². The Hall–Kier alpha value is -1.43. The lowest BCUT2D eigenvalue weighted by atomic mass is 10.1. The number of nitrogens with zero attached hydrogens (tertiary/aromatic N) is 1. The quantitative estimate of drug-likeness (QED) is 0.793. The van der Waals surface area contributed by atoms with Crippen LogP contribution in [0.2, 0.25) is 0 Å². The monoisotopic (exact) mass is 305 g/mol. The van der Waals surface area contributed by atoms with Crippen LogP contribution in [0.1, 0.15) is 25.0 Å². The van der Waals surface area contributed by atoms with Crippen LogP contribution in [0.25, 0.3) is 0 Å². The second kappa shape index (κ2) is 8.88. The van der Waals surface area contributed by atoms with E-state index in [1.807, 2.05) is 6.07 Å². The smallest absolute Gasteiger partial charge is 0.250 e. The number of hydrogen-bond acceptors (Lipinski definition) is 4. The molecule has 0 bridgehead atoms. The molecule has 0 spiro atoms. The lowest BCUT2D eigenvalue weighted by Gasteiger charge is -2.22. The van der Waals surface area contributed by atoms with E-state index in [0.29, 0.717) is 19.7 Å². The minimum absolute atomic E-state index is 0.0404. The molecule has 22 heavy (non-hydrogen) atoms. The van der Waals surface area contributed by atoms with E-state index >= 15 is 0 Å². The summed E-state index contributed by atoms with van der Waals surface area (Å²) in [5, 5.41) is 6.13. The molecule has 0 radical (unpaired) electrons. The Kier molecular flexibility index (Phi) is 6.83. The van der Waals surface area contributed by atoms with Gasteiger partial charge in [0.1, 0.15) is 6.10 Å².